The minimum atomic E-state index is -4.66. The molecule has 0 spiro atoms. The summed E-state index contributed by atoms with van der Waals surface area (Å²) in [5.74, 6) is -1.44. The van der Waals surface area contributed by atoms with Crippen LogP contribution >= 0.6 is 0 Å². The van der Waals surface area contributed by atoms with E-state index in [1.807, 2.05) is 0 Å². The number of hydrogen-bond acceptors (Lipinski definition) is 4. The van der Waals surface area contributed by atoms with E-state index >= 15 is 0 Å². The highest BCUT2D eigenvalue weighted by Crippen LogP contribution is 2.34. The van der Waals surface area contributed by atoms with Gasteiger partial charge in [-0.2, -0.15) is 13.2 Å². The van der Waals surface area contributed by atoms with Crippen molar-refractivity contribution >= 4 is 23.2 Å². The molecule has 0 aliphatic rings. The molecule has 3 aromatic rings. The SMILES string of the molecule is Cc1cc(=O)n(CC(=O)Nc2ccccc2C(F)(F)F)c(Nc2cccc(F)c2)n1. The number of aryl methyl sites for hydroxylation is 1. The molecule has 0 atom stereocenters. The molecule has 0 saturated carbocycles. The van der Waals surface area contributed by atoms with Crippen molar-refractivity contribution in [3.8, 4) is 0 Å². The summed E-state index contributed by atoms with van der Waals surface area (Å²) in [5.41, 5.74) is -1.41. The number of para-hydroxylation sites is 1. The average Bonchev–Trinajstić information content (AvgIpc) is 2.64. The highest BCUT2D eigenvalue weighted by molar-refractivity contribution is 5.91. The second kappa shape index (κ2) is 8.36. The molecule has 3 rings (SSSR count). The van der Waals surface area contributed by atoms with Crippen LogP contribution in [0.3, 0.4) is 0 Å². The summed E-state index contributed by atoms with van der Waals surface area (Å²) < 4.78 is 53.7. The van der Waals surface area contributed by atoms with Gasteiger partial charge in [0.25, 0.3) is 5.56 Å². The van der Waals surface area contributed by atoms with Gasteiger partial charge < -0.3 is 10.6 Å². The van der Waals surface area contributed by atoms with Crippen molar-refractivity contribution in [2.24, 2.45) is 0 Å². The van der Waals surface area contributed by atoms with E-state index in [2.05, 4.69) is 15.6 Å². The van der Waals surface area contributed by atoms with Gasteiger partial charge in [-0.1, -0.05) is 18.2 Å². The number of benzene rings is 2. The van der Waals surface area contributed by atoms with Gasteiger partial charge in [0, 0.05) is 17.4 Å². The Balaban J connectivity index is 1.88. The molecule has 30 heavy (non-hydrogen) atoms. The predicted octanol–water partition coefficient (Wildman–Crippen LogP) is 4.09. The zero-order chi connectivity index (χ0) is 21.9. The second-order valence-electron chi connectivity index (χ2n) is 6.37. The Morgan fingerprint density at radius 3 is 2.53 bits per heavy atom. The third-order valence-electron chi connectivity index (χ3n) is 4.03. The van der Waals surface area contributed by atoms with E-state index in [-0.39, 0.29) is 11.6 Å². The Hall–Kier alpha value is -3.69. The maximum absolute atomic E-state index is 13.4. The first-order valence-corrected chi connectivity index (χ1v) is 8.70. The minimum Gasteiger partial charge on any atom is -0.325 e. The fourth-order valence-electron chi connectivity index (χ4n) is 2.74. The van der Waals surface area contributed by atoms with Crippen molar-refractivity contribution in [3.63, 3.8) is 0 Å². The van der Waals surface area contributed by atoms with Gasteiger partial charge in [-0.25, -0.2) is 9.37 Å². The second-order valence-corrected chi connectivity index (χ2v) is 6.37. The maximum Gasteiger partial charge on any atom is 0.418 e. The van der Waals surface area contributed by atoms with Gasteiger partial charge in [-0.15, -0.1) is 0 Å². The fourth-order valence-corrected chi connectivity index (χ4v) is 2.74. The van der Waals surface area contributed by atoms with Crippen LogP contribution in [0.4, 0.5) is 34.9 Å². The number of nitrogens with zero attached hydrogens (tertiary/aromatic N) is 2. The average molecular weight is 420 g/mol. The number of alkyl halides is 3. The number of amides is 1. The number of anilines is 3. The molecule has 2 aromatic carbocycles. The lowest BCUT2D eigenvalue weighted by Crippen LogP contribution is -2.30. The van der Waals surface area contributed by atoms with E-state index in [4.69, 9.17) is 0 Å². The topological polar surface area (TPSA) is 76.0 Å². The highest BCUT2D eigenvalue weighted by Gasteiger charge is 2.33. The minimum absolute atomic E-state index is 0.0511. The normalized spacial score (nSPS) is 11.2. The number of nitrogens with one attached hydrogen (secondary N) is 2. The van der Waals surface area contributed by atoms with Gasteiger partial charge in [0.2, 0.25) is 11.9 Å². The van der Waals surface area contributed by atoms with Crippen molar-refractivity contribution in [1.82, 2.24) is 9.55 Å². The summed E-state index contributed by atoms with van der Waals surface area (Å²) in [6, 6.07) is 11.0. The number of aromatic nitrogens is 2. The van der Waals surface area contributed by atoms with Crippen molar-refractivity contribution in [1.29, 1.82) is 0 Å². The summed E-state index contributed by atoms with van der Waals surface area (Å²) in [6.07, 6.45) is -4.66. The third-order valence-corrected chi connectivity index (χ3v) is 4.03. The van der Waals surface area contributed by atoms with Crippen molar-refractivity contribution in [3.05, 3.63) is 82.0 Å². The zero-order valence-electron chi connectivity index (χ0n) is 15.6. The molecule has 0 bridgehead atoms. The molecule has 1 aromatic heterocycles. The maximum atomic E-state index is 13.4. The summed E-state index contributed by atoms with van der Waals surface area (Å²) in [4.78, 5) is 28.9. The van der Waals surface area contributed by atoms with Crippen LogP contribution in [-0.4, -0.2) is 15.5 Å². The molecule has 0 saturated heterocycles. The summed E-state index contributed by atoms with van der Waals surface area (Å²) in [5, 5.41) is 4.93. The first-order chi connectivity index (χ1) is 14.1. The van der Waals surface area contributed by atoms with Crippen molar-refractivity contribution in [2.45, 2.75) is 19.6 Å². The molecule has 0 aliphatic carbocycles. The molecule has 1 amide bonds. The lowest BCUT2D eigenvalue weighted by atomic mass is 10.1. The van der Waals surface area contributed by atoms with Gasteiger partial charge in [0.15, 0.2) is 0 Å². The number of rotatable bonds is 5. The van der Waals surface area contributed by atoms with Crippen LogP contribution < -0.4 is 16.2 Å². The van der Waals surface area contributed by atoms with Gasteiger partial charge in [0.1, 0.15) is 12.4 Å². The summed E-state index contributed by atoms with van der Waals surface area (Å²) >= 11 is 0. The Morgan fingerprint density at radius 1 is 1.10 bits per heavy atom. The number of carbonyl (C=O) groups is 1. The van der Waals surface area contributed by atoms with Crippen LogP contribution in [0.1, 0.15) is 11.3 Å². The molecule has 0 radical (unpaired) electrons. The largest absolute Gasteiger partial charge is 0.418 e. The molecular formula is C20H16F4N4O2. The van der Waals surface area contributed by atoms with E-state index in [0.29, 0.717) is 5.69 Å². The first kappa shape index (κ1) is 21.0. The number of hydrogen-bond donors (Lipinski definition) is 2. The van der Waals surface area contributed by atoms with Crippen LogP contribution in [0.5, 0.6) is 0 Å². The fraction of sp³-hybridized carbons (Fsp3) is 0.150. The lowest BCUT2D eigenvalue weighted by molar-refractivity contribution is -0.137. The van der Waals surface area contributed by atoms with Gasteiger partial charge in [-0.3, -0.25) is 14.2 Å². The number of carbonyl (C=O) groups excluding carboxylic acids is 1. The van der Waals surface area contributed by atoms with E-state index in [1.165, 1.54) is 42.5 Å². The molecule has 156 valence electrons. The van der Waals surface area contributed by atoms with Crippen molar-refractivity contribution < 1.29 is 22.4 Å². The first-order valence-electron chi connectivity index (χ1n) is 8.70. The molecule has 1 heterocycles. The van der Waals surface area contributed by atoms with Crippen LogP contribution in [-0.2, 0) is 17.5 Å². The van der Waals surface area contributed by atoms with Gasteiger partial charge in [-0.05, 0) is 37.3 Å². The smallest absolute Gasteiger partial charge is 0.325 e. The summed E-state index contributed by atoms with van der Waals surface area (Å²) in [6.45, 7) is 0.956. The van der Waals surface area contributed by atoms with Crippen LogP contribution in [0.2, 0.25) is 0 Å². The molecule has 2 N–H and O–H groups in total. The Labute approximate surface area is 168 Å². The van der Waals surface area contributed by atoms with Gasteiger partial charge in [0.05, 0.1) is 11.3 Å². The van der Waals surface area contributed by atoms with Crippen molar-refractivity contribution in [2.75, 3.05) is 10.6 Å². The van der Waals surface area contributed by atoms with Crippen LogP contribution in [0, 0.1) is 12.7 Å². The molecule has 0 fully saturated rings. The lowest BCUT2D eigenvalue weighted by Gasteiger charge is -2.16. The standard InChI is InChI=1S/C20H16F4N4O2/c1-12-9-18(30)28(19(25-12)26-14-6-4-5-13(21)10-14)11-17(29)27-16-8-3-2-7-15(16)20(22,23)24/h2-10H,11H2,1H3,(H,25,26)(H,27,29). The summed E-state index contributed by atoms with van der Waals surface area (Å²) in [7, 11) is 0. The Morgan fingerprint density at radius 2 is 1.83 bits per heavy atom. The quantitative estimate of drug-likeness (QED) is 0.610. The van der Waals surface area contributed by atoms with E-state index in [9.17, 15) is 27.2 Å². The number of halogens is 4. The zero-order valence-corrected chi connectivity index (χ0v) is 15.6. The molecular weight excluding hydrogens is 404 g/mol. The Kier molecular flexibility index (Phi) is 5.86. The Bertz CT molecular complexity index is 1140. The molecule has 6 nitrogen and oxygen atoms in total. The highest BCUT2D eigenvalue weighted by atomic mass is 19.4. The predicted molar refractivity (Wildman–Crippen MR) is 103 cm³/mol. The van der Waals surface area contributed by atoms with E-state index in [0.717, 1.165) is 16.7 Å². The molecule has 0 unspecified atom stereocenters. The van der Waals surface area contributed by atoms with Crippen LogP contribution in [0.25, 0.3) is 0 Å². The van der Waals surface area contributed by atoms with E-state index in [1.54, 1.807) is 6.92 Å². The molecule has 0 aliphatic heterocycles. The third kappa shape index (κ3) is 5.02. The van der Waals surface area contributed by atoms with Crippen LogP contribution in [0.15, 0.2) is 59.4 Å². The van der Waals surface area contributed by atoms with Gasteiger partial charge >= 0.3 is 6.18 Å². The monoisotopic (exact) mass is 420 g/mol. The van der Waals surface area contributed by atoms with E-state index < -0.39 is 41.3 Å². The molecule has 10 heteroatoms.